The van der Waals surface area contributed by atoms with Crippen LogP contribution in [0.15, 0.2) is 29.5 Å². The fourth-order valence-corrected chi connectivity index (χ4v) is 2.69. The van der Waals surface area contributed by atoms with Crippen LogP contribution < -0.4 is 15.4 Å². The number of rotatable bonds is 8. The second-order valence-electron chi connectivity index (χ2n) is 6.29. The van der Waals surface area contributed by atoms with Gasteiger partial charge in [-0.2, -0.15) is 0 Å². The molecule has 1 unspecified atom stereocenters. The largest absolute Gasteiger partial charge is 0.504 e. The van der Waals surface area contributed by atoms with Crippen molar-refractivity contribution in [1.29, 1.82) is 0 Å². The summed E-state index contributed by atoms with van der Waals surface area (Å²) >= 11 is 0. The summed E-state index contributed by atoms with van der Waals surface area (Å²) in [6.45, 7) is 7.98. The van der Waals surface area contributed by atoms with Gasteiger partial charge in [0.1, 0.15) is 6.61 Å². The average molecular weight is 378 g/mol. The van der Waals surface area contributed by atoms with Gasteiger partial charge in [0.05, 0.1) is 30.9 Å². The zero-order valence-electron chi connectivity index (χ0n) is 16.0. The lowest BCUT2D eigenvalue weighted by Crippen LogP contribution is -2.45. The van der Waals surface area contributed by atoms with Crippen LogP contribution >= 0.6 is 0 Å². The van der Waals surface area contributed by atoms with E-state index in [2.05, 4.69) is 10.6 Å². The summed E-state index contributed by atoms with van der Waals surface area (Å²) in [6.07, 6.45) is 0.0435. The molecular weight excluding hydrogens is 352 g/mol. The highest BCUT2D eigenvalue weighted by molar-refractivity contribution is 5.95. The molecule has 1 aliphatic heterocycles. The Balaban J connectivity index is 2.25. The Kier molecular flexibility index (Phi) is 7.06. The van der Waals surface area contributed by atoms with Crippen molar-refractivity contribution >= 4 is 12.0 Å². The molecule has 2 amide bonds. The number of phenolic OH excluding ortho intramolecular Hbond substituents is 1. The Morgan fingerprint density at radius 1 is 1.30 bits per heavy atom. The molecule has 1 aromatic carbocycles. The van der Waals surface area contributed by atoms with E-state index in [1.54, 1.807) is 26.0 Å². The van der Waals surface area contributed by atoms with Crippen molar-refractivity contribution in [1.82, 2.24) is 10.6 Å². The van der Waals surface area contributed by atoms with Crippen molar-refractivity contribution in [3.8, 4) is 11.5 Å². The molecule has 1 aromatic rings. The number of nitrogens with one attached hydrogen (secondary N) is 2. The van der Waals surface area contributed by atoms with Gasteiger partial charge < -0.3 is 30.0 Å². The van der Waals surface area contributed by atoms with Crippen LogP contribution in [0.3, 0.4) is 0 Å². The van der Waals surface area contributed by atoms with Crippen LogP contribution in [-0.4, -0.2) is 43.0 Å². The van der Waals surface area contributed by atoms with Gasteiger partial charge >= 0.3 is 12.0 Å². The standard InChI is InChI=1S/C19H26N2O6/c1-5-25-15-10-13(6-7-14(15)22)17-16(12(4)20-19(24)21-17)18(23)27-9-8-26-11(2)3/h6-7,10-11,17,22H,5,8-9H2,1-4H3,(H2,20,21,24). The van der Waals surface area contributed by atoms with Gasteiger partial charge in [-0.25, -0.2) is 9.59 Å². The van der Waals surface area contributed by atoms with Crippen LogP contribution in [0.1, 0.15) is 39.3 Å². The molecule has 0 saturated carbocycles. The molecule has 8 nitrogen and oxygen atoms in total. The molecular formula is C19H26N2O6. The molecule has 1 atom stereocenters. The molecule has 0 fully saturated rings. The smallest absolute Gasteiger partial charge is 0.338 e. The molecule has 0 bridgehead atoms. The van der Waals surface area contributed by atoms with Crippen molar-refractivity contribution in [2.24, 2.45) is 0 Å². The second-order valence-corrected chi connectivity index (χ2v) is 6.29. The first-order valence-electron chi connectivity index (χ1n) is 8.86. The van der Waals surface area contributed by atoms with Gasteiger partial charge in [0.15, 0.2) is 11.5 Å². The highest BCUT2D eigenvalue weighted by atomic mass is 16.6. The number of ether oxygens (including phenoxy) is 3. The SMILES string of the molecule is CCOc1cc(C2NC(=O)NC(C)=C2C(=O)OCCOC(C)C)ccc1O. The van der Waals surface area contributed by atoms with E-state index in [0.717, 1.165) is 0 Å². The fraction of sp³-hybridized carbons (Fsp3) is 0.474. The minimum atomic E-state index is -0.725. The number of urea groups is 1. The fourth-order valence-electron chi connectivity index (χ4n) is 2.69. The number of allylic oxidation sites excluding steroid dienone is 1. The monoisotopic (exact) mass is 378 g/mol. The number of esters is 1. The Morgan fingerprint density at radius 3 is 2.70 bits per heavy atom. The Morgan fingerprint density at radius 2 is 2.04 bits per heavy atom. The van der Waals surface area contributed by atoms with E-state index in [4.69, 9.17) is 14.2 Å². The third kappa shape index (κ3) is 5.37. The summed E-state index contributed by atoms with van der Waals surface area (Å²) in [5, 5.41) is 15.2. The molecule has 1 heterocycles. The number of carbonyl (C=O) groups is 2. The lowest BCUT2D eigenvalue weighted by atomic mass is 9.95. The van der Waals surface area contributed by atoms with Gasteiger partial charge in [-0.15, -0.1) is 0 Å². The summed E-state index contributed by atoms with van der Waals surface area (Å²) in [4.78, 5) is 24.5. The number of hydrogen-bond acceptors (Lipinski definition) is 6. The first-order valence-corrected chi connectivity index (χ1v) is 8.86. The number of benzene rings is 1. The average Bonchev–Trinajstić information content (AvgIpc) is 2.59. The van der Waals surface area contributed by atoms with Crippen LogP contribution in [0, 0.1) is 0 Å². The lowest BCUT2D eigenvalue weighted by molar-refractivity contribution is -0.141. The molecule has 0 saturated heterocycles. The van der Waals surface area contributed by atoms with Gasteiger partial charge in [-0.1, -0.05) is 6.07 Å². The summed E-state index contributed by atoms with van der Waals surface area (Å²) in [7, 11) is 0. The van der Waals surface area contributed by atoms with Gasteiger partial charge in [0, 0.05) is 5.70 Å². The molecule has 3 N–H and O–H groups in total. The number of aromatic hydroxyl groups is 1. The quantitative estimate of drug-likeness (QED) is 0.474. The maximum absolute atomic E-state index is 12.6. The molecule has 0 aliphatic carbocycles. The predicted octanol–water partition coefficient (Wildman–Crippen LogP) is 2.39. The summed E-state index contributed by atoms with van der Waals surface area (Å²) < 4.78 is 16.1. The van der Waals surface area contributed by atoms with Crippen LogP contribution in [0.4, 0.5) is 4.79 Å². The minimum Gasteiger partial charge on any atom is -0.504 e. The van der Waals surface area contributed by atoms with Gasteiger partial charge in [0.2, 0.25) is 0 Å². The molecule has 2 rings (SSSR count). The summed E-state index contributed by atoms with van der Waals surface area (Å²) in [6, 6.07) is 3.53. The minimum absolute atomic E-state index is 0.0171. The lowest BCUT2D eigenvalue weighted by Gasteiger charge is -2.28. The predicted molar refractivity (Wildman–Crippen MR) is 98.4 cm³/mol. The number of phenols is 1. The van der Waals surface area contributed by atoms with Crippen LogP contribution in [0.2, 0.25) is 0 Å². The first kappa shape index (κ1) is 20.6. The van der Waals surface area contributed by atoms with Crippen LogP contribution in [0.5, 0.6) is 11.5 Å². The maximum Gasteiger partial charge on any atom is 0.338 e. The molecule has 27 heavy (non-hydrogen) atoms. The molecule has 148 valence electrons. The van der Waals surface area contributed by atoms with Gasteiger partial charge in [-0.05, 0) is 45.4 Å². The third-order valence-electron chi connectivity index (χ3n) is 3.87. The van der Waals surface area contributed by atoms with Crippen molar-refractivity contribution in [2.75, 3.05) is 19.8 Å². The highest BCUT2D eigenvalue weighted by Crippen LogP contribution is 2.34. The number of hydrogen-bond donors (Lipinski definition) is 3. The van der Waals surface area contributed by atoms with Gasteiger partial charge in [-0.3, -0.25) is 0 Å². The van der Waals surface area contributed by atoms with E-state index >= 15 is 0 Å². The van der Waals surface area contributed by atoms with Crippen molar-refractivity contribution in [2.45, 2.75) is 39.8 Å². The van der Waals surface area contributed by atoms with E-state index in [1.165, 1.54) is 6.07 Å². The van der Waals surface area contributed by atoms with Crippen LogP contribution in [0.25, 0.3) is 0 Å². The molecule has 0 aromatic heterocycles. The third-order valence-corrected chi connectivity index (χ3v) is 3.87. The first-order chi connectivity index (χ1) is 12.8. The van der Waals surface area contributed by atoms with Crippen molar-refractivity contribution in [3.05, 3.63) is 35.0 Å². The summed E-state index contributed by atoms with van der Waals surface area (Å²) in [5.74, 6) is -0.293. The summed E-state index contributed by atoms with van der Waals surface area (Å²) in [5.41, 5.74) is 1.28. The van der Waals surface area contributed by atoms with E-state index in [0.29, 0.717) is 17.9 Å². The van der Waals surface area contributed by atoms with E-state index in [1.807, 2.05) is 13.8 Å². The van der Waals surface area contributed by atoms with Crippen LogP contribution in [-0.2, 0) is 14.3 Å². The Bertz CT molecular complexity index is 729. The number of carbonyl (C=O) groups excluding carboxylic acids is 2. The Labute approximate surface area is 158 Å². The number of amides is 2. The zero-order valence-corrected chi connectivity index (χ0v) is 16.0. The normalized spacial score (nSPS) is 16.8. The van der Waals surface area contributed by atoms with Gasteiger partial charge in [0.25, 0.3) is 0 Å². The zero-order chi connectivity index (χ0) is 20.0. The van der Waals surface area contributed by atoms with Crippen molar-refractivity contribution in [3.63, 3.8) is 0 Å². The van der Waals surface area contributed by atoms with E-state index < -0.39 is 18.0 Å². The molecule has 0 radical (unpaired) electrons. The Hall–Kier alpha value is -2.74. The maximum atomic E-state index is 12.6. The second kappa shape index (κ2) is 9.27. The molecule has 1 aliphatic rings. The molecule has 0 spiro atoms. The topological polar surface area (TPSA) is 106 Å². The van der Waals surface area contributed by atoms with E-state index in [-0.39, 0.29) is 36.4 Å². The van der Waals surface area contributed by atoms with Crippen molar-refractivity contribution < 1.29 is 28.9 Å². The highest BCUT2D eigenvalue weighted by Gasteiger charge is 2.32. The molecule has 8 heteroatoms. The van der Waals surface area contributed by atoms with E-state index in [9.17, 15) is 14.7 Å².